The number of carbonyl (C=O) groups excluding carboxylic acids is 2. The fourth-order valence-electron chi connectivity index (χ4n) is 4.02. The zero-order chi connectivity index (χ0) is 27.5. The van der Waals surface area contributed by atoms with Crippen molar-refractivity contribution in [1.82, 2.24) is 10.2 Å². The number of rotatable bonds is 13. The monoisotopic (exact) mass is 514 g/mol. The molecule has 10 heteroatoms. The van der Waals surface area contributed by atoms with Crippen molar-refractivity contribution in [1.29, 1.82) is 0 Å². The van der Waals surface area contributed by atoms with Crippen molar-refractivity contribution in [3.8, 4) is 0 Å². The number of nitro benzene ring substituents is 1. The van der Waals surface area contributed by atoms with Crippen molar-refractivity contribution in [2.75, 3.05) is 20.2 Å². The molecule has 2 rings (SSSR count). The molecule has 0 saturated heterocycles. The summed E-state index contributed by atoms with van der Waals surface area (Å²) in [6.45, 7) is 11.0. The molecule has 37 heavy (non-hydrogen) atoms. The SMILES string of the molecule is CCCCN(C=NC1=C(C(=O)OC(C)C)C(c2cccc([N+](=O)[O-])c2)C(C(=O)OC)=C(C)N1)CCCC. The first kappa shape index (κ1) is 29.5. The standard InChI is InChI=1S/C27H38N4O6/c1-7-9-14-30(15-10-8-2)17-28-25-24(27(33)37-18(3)4)23(22(19(5)29-25)26(32)36-6)20-12-11-13-21(16-20)31(34)35/h11-13,16-18,23,29H,7-10,14-15H2,1-6H3. The first-order chi connectivity index (χ1) is 17.6. The van der Waals surface area contributed by atoms with Crippen LogP contribution in [0.3, 0.4) is 0 Å². The number of benzene rings is 1. The number of unbranched alkanes of at least 4 members (excludes halogenated alkanes) is 2. The maximum atomic E-state index is 13.5. The van der Waals surface area contributed by atoms with E-state index in [1.54, 1.807) is 33.2 Å². The molecule has 1 atom stereocenters. The Morgan fingerprint density at radius 3 is 2.35 bits per heavy atom. The van der Waals surface area contributed by atoms with Crippen molar-refractivity contribution < 1.29 is 24.0 Å². The number of carbonyl (C=O) groups is 2. The van der Waals surface area contributed by atoms with Gasteiger partial charge in [-0.2, -0.15) is 0 Å². The summed E-state index contributed by atoms with van der Waals surface area (Å²) in [5, 5.41) is 14.6. The zero-order valence-electron chi connectivity index (χ0n) is 22.6. The van der Waals surface area contributed by atoms with Crippen LogP contribution >= 0.6 is 0 Å². The third kappa shape index (κ3) is 7.90. The van der Waals surface area contributed by atoms with Gasteiger partial charge in [0.2, 0.25) is 0 Å². The number of non-ortho nitro benzene ring substituents is 1. The number of hydrogen-bond acceptors (Lipinski definition) is 8. The van der Waals surface area contributed by atoms with Gasteiger partial charge in [-0.3, -0.25) is 10.1 Å². The minimum Gasteiger partial charge on any atom is -0.466 e. The predicted octanol–water partition coefficient (Wildman–Crippen LogP) is 4.82. The van der Waals surface area contributed by atoms with E-state index in [4.69, 9.17) is 9.47 Å². The second-order valence-corrected chi connectivity index (χ2v) is 9.14. The second-order valence-electron chi connectivity index (χ2n) is 9.14. The zero-order valence-corrected chi connectivity index (χ0v) is 22.6. The van der Waals surface area contributed by atoms with E-state index >= 15 is 0 Å². The largest absolute Gasteiger partial charge is 0.466 e. The molecule has 1 aromatic carbocycles. The fraction of sp³-hybridized carbons (Fsp3) is 0.519. The van der Waals surface area contributed by atoms with E-state index in [0.717, 1.165) is 38.8 Å². The Hall–Kier alpha value is -3.69. The van der Waals surface area contributed by atoms with E-state index in [1.807, 2.05) is 0 Å². The molecule has 1 heterocycles. The van der Waals surface area contributed by atoms with Gasteiger partial charge >= 0.3 is 11.9 Å². The molecule has 1 aliphatic heterocycles. The molecular formula is C27H38N4O6. The number of aliphatic imine (C=N–C) groups is 1. The van der Waals surface area contributed by atoms with E-state index in [2.05, 4.69) is 29.1 Å². The molecule has 202 valence electrons. The third-order valence-electron chi connectivity index (χ3n) is 5.87. The molecule has 1 N–H and O–H groups in total. The quantitative estimate of drug-likeness (QED) is 0.131. The first-order valence-electron chi connectivity index (χ1n) is 12.7. The lowest BCUT2D eigenvalue weighted by molar-refractivity contribution is -0.384. The van der Waals surface area contributed by atoms with Gasteiger partial charge in [-0.15, -0.1) is 0 Å². The lowest BCUT2D eigenvalue weighted by Crippen LogP contribution is -2.34. The highest BCUT2D eigenvalue weighted by atomic mass is 16.6. The first-order valence-corrected chi connectivity index (χ1v) is 12.7. The van der Waals surface area contributed by atoms with Gasteiger partial charge < -0.3 is 19.7 Å². The van der Waals surface area contributed by atoms with Gasteiger partial charge in [-0.05, 0) is 39.2 Å². The summed E-state index contributed by atoms with van der Waals surface area (Å²) in [4.78, 5) is 44.1. The van der Waals surface area contributed by atoms with Crippen molar-refractivity contribution in [2.45, 2.75) is 72.3 Å². The van der Waals surface area contributed by atoms with Gasteiger partial charge in [0.1, 0.15) is 5.82 Å². The summed E-state index contributed by atoms with van der Waals surface area (Å²) in [6, 6.07) is 5.86. The molecule has 0 spiro atoms. The van der Waals surface area contributed by atoms with E-state index in [1.165, 1.54) is 25.3 Å². The van der Waals surface area contributed by atoms with Crippen molar-refractivity contribution in [2.24, 2.45) is 4.99 Å². The van der Waals surface area contributed by atoms with Gasteiger partial charge in [-0.25, -0.2) is 14.6 Å². The molecule has 10 nitrogen and oxygen atoms in total. The van der Waals surface area contributed by atoms with Crippen LogP contribution in [0.1, 0.15) is 71.8 Å². The van der Waals surface area contributed by atoms with Gasteiger partial charge in [-0.1, -0.05) is 38.8 Å². The average molecular weight is 515 g/mol. The topological polar surface area (TPSA) is 123 Å². The van der Waals surface area contributed by atoms with Crippen LogP contribution in [0, 0.1) is 10.1 Å². The number of hydrogen-bond donors (Lipinski definition) is 1. The molecule has 1 aromatic rings. The summed E-state index contributed by atoms with van der Waals surface area (Å²) in [6.07, 6.45) is 5.32. The molecule has 0 amide bonds. The van der Waals surface area contributed by atoms with Gasteiger partial charge in [0.15, 0.2) is 0 Å². The third-order valence-corrected chi connectivity index (χ3v) is 5.87. The molecule has 0 bridgehead atoms. The molecular weight excluding hydrogens is 476 g/mol. The smallest absolute Gasteiger partial charge is 0.339 e. The van der Waals surface area contributed by atoms with Crippen LogP contribution in [-0.2, 0) is 19.1 Å². The van der Waals surface area contributed by atoms with Crippen LogP contribution in [-0.4, -0.2) is 54.4 Å². The summed E-state index contributed by atoms with van der Waals surface area (Å²) < 4.78 is 10.6. The normalized spacial score (nSPS) is 15.7. The number of dihydropyridines is 1. The molecule has 0 aliphatic carbocycles. The van der Waals surface area contributed by atoms with Crippen LogP contribution in [0.15, 0.2) is 51.9 Å². The van der Waals surface area contributed by atoms with Gasteiger partial charge in [0.05, 0.1) is 41.5 Å². The maximum Gasteiger partial charge on any atom is 0.339 e. The lowest BCUT2D eigenvalue weighted by atomic mass is 9.81. The summed E-state index contributed by atoms with van der Waals surface area (Å²) in [5.41, 5.74) is 0.900. The predicted molar refractivity (Wildman–Crippen MR) is 142 cm³/mol. The molecule has 0 saturated carbocycles. The number of nitrogens with zero attached hydrogens (tertiary/aromatic N) is 3. The number of methoxy groups -OCH3 is 1. The van der Waals surface area contributed by atoms with Crippen LogP contribution in [0.4, 0.5) is 5.69 Å². The fourth-order valence-corrected chi connectivity index (χ4v) is 4.02. The van der Waals surface area contributed by atoms with Crippen molar-refractivity contribution in [3.05, 3.63) is 62.6 Å². The number of ether oxygens (including phenoxy) is 2. The van der Waals surface area contributed by atoms with Crippen LogP contribution in [0.25, 0.3) is 0 Å². The second kappa shape index (κ2) is 14.2. The molecule has 0 fully saturated rings. The lowest BCUT2D eigenvalue weighted by Gasteiger charge is -2.30. The highest BCUT2D eigenvalue weighted by molar-refractivity contribution is 6.00. The Bertz CT molecular complexity index is 1070. The van der Waals surface area contributed by atoms with Crippen LogP contribution in [0.2, 0.25) is 0 Å². The molecule has 0 aromatic heterocycles. The van der Waals surface area contributed by atoms with E-state index in [9.17, 15) is 19.7 Å². The number of nitrogens with one attached hydrogen (secondary N) is 1. The summed E-state index contributed by atoms with van der Waals surface area (Å²) in [5.74, 6) is -2.09. The van der Waals surface area contributed by atoms with Gasteiger partial charge in [0, 0.05) is 30.9 Å². The Morgan fingerprint density at radius 2 is 1.81 bits per heavy atom. The maximum absolute atomic E-state index is 13.5. The minimum absolute atomic E-state index is 0.0855. The summed E-state index contributed by atoms with van der Waals surface area (Å²) in [7, 11) is 1.25. The van der Waals surface area contributed by atoms with Crippen molar-refractivity contribution in [3.63, 3.8) is 0 Å². The van der Waals surface area contributed by atoms with E-state index < -0.39 is 28.9 Å². The van der Waals surface area contributed by atoms with E-state index in [-0.39, 0.29) is 22.7 Å². The van der Waals surface area contributed by atoms with Gasteiger partial charge in [0.25, 0.3) is 5.69 Å². The number of nitro groups is 1. The van der Waals surface area contributed by atoms with E-state index in [0.29, 0.717) is 11.3 Å². The highest BCUT2D eigenvalue weighted by Gasteiger charge is 2.39. The molecule has 1 unspecified atom stereocenters. The highest BCUT2D eigenvalue weighted by Crippen LogP contribution is 2.40. The van der Waals surface area contributed by atoms with Crippen LogP contribution in [0.5, 0.6) is 0 Å². The van der Waals surface area contributed by atoms with Crippen LogP contribution < -0.4 is 5.32 Å². The summed E-state index contributed by atoms with van der Waals surface area (Å²) >= 11 is 0. The minimum atomic E-state index is -0.980. The Morgan fingerprint density at radius 1 is 1.16 bits per heavy atom. The van der Waals surface area contributed by atoms with Crippen molar-refractivity contribution >= 4 is 24.0 Å². The average Bonchev–Trinajstić information content (AvgIpc) is 2.86. The molecule has 1 aliphatic rings. The number of esters is 2. The number of allylic oxidation sites excluding steroid dienone is 1. The Labute approximate surface area is 218 Å². The Kier molecular flexibility index (Phi) is 11.3. The Balaban J connectivity index is 2.74. The molecule has 0 radical (unpaired) electrons.